The van der Waals surface area contributed by atoms with E-state index in [0.29, 0.717) is 40.6 Å². The summed E-state index contributed by atoms with van der Waals surface area (Å²) < 4.78 is 15.2. The first-order valence-electron chi connectivity index (χ1n) is 12.1. The van der Waals surface area contributed by atoms with E-state index in [2.05, 4.69) is 18.1 Å². The van der Waals surface area contributed by atoms with Crippen molar-refractivity contribution in [3.05, 3.63) is 100 Å². The lowest BCUT2D eigenvalue weighted by molar-refractivity contribution is 0.270. The molecule has 10 nitrogen and oxygen atoms in total. The Morgan fingerprint density at radius 1 is 0.974 bits per heavy atom. The van der Waals surface area contributed by atoms with Gasteiger partial charge in [-0.2, -0.15) is 9.72 Å². The maximum absolute atomic E-state index is 13.9. The van der Waals surface area contributed by atoms with Crippen LogP contribution in [0.25, 0.3) is 39.8 Å². The molecule has 38 heavy (non-hydrogen) atoms. The predicted molar refractivity (Wildman–Crippen MR) is 145 cm³/mol. The molecule has 0 saturated heterocycles. The number of aromatic nitrogens is 6. The van der Waals surface area contributed by atoms with Crippen LogP contribution >= 0.6 is 0 Å². The van der Waals surface area contributed by atoms with Gasteiger partial charge in [0.05, 0.1) is 18.8 Å². The minimum absolute atomic E-state index is 0.161. The van der Waals surface area contributed by atoms with Crippen LogP contribution in [0.15, 0.2) is 88.0 Å². The summed E-state index contributed by atoms with van der Waals surface area (Å²) in [4.78, 5) is 39.8. The number of rotatable bonds is 9. The highest BCUT2D eigenvalue weighted by atomic mass is 16.5. The predicted octanol–water partition coefficient (Wildman–Crippen LogP) is 4.15. The molecule has 2 aromatic carbocycles. The van der Waals surface area contributed by atoms with Crippen molar-refractivity contribution in [2.45, 2.75) is 26.9 Å². The zero-order chi connectivity index (χ0) is 26.8. The summed E-state index contributed by atoms with van der Waals surface area (Å²) in [6.45, 7) is 12.3. The molecule has 0 unspecified atom stereocenters. The zero-order valence-electron chi connectivity index (χ0n) is 21.1. The molecule has 0 saturated carbocycles. The van der Waals surface area contributed by atoms with Gasteiger partial charge >= 0.3 is 11.4 Å². The van der Waals surface area contributed by atoms with Crippen molar-refractivity contribution in [1.82, 2.24) is 28.8 Å². The second-order valence-electron chi connectivity index (χ2n) is 8.47. The molecule has 3 heterocycles. The highest BCUT2D eigenvalue weighted by molar-refractivity contribution is 5.89. The first-order valence-corrected chi connectivity index (χ1v) is 12.1. The molecular formula is C28H26N6O4. The summed E-state index contributed by atoms with van der Waals surface area (Å²) in [7, 11) is 0. The Bertz CT molecular complexity index is 1770. The molecule has 0 aliphatic heterocycles. The average molecular weight is 511 g/mol. The SMILES string of the molecule is C=CCn1oc(=O)nc1-c1nc(-c2ccc(OCC)cc2)nc2c1n(CC=C)c(=O)n2-c1ccccc1C. The van der Waals surface area contributed by atoms with Crippen LogP contribution < -0.4 is 16.2 Å². The molecule has 5 aromatic rings. The van der Waals surface area contributed by atoms with Gasteiger partial charge < -0.3 is 9.26 Å². The molecule has 0 radical (unpaired) electrons. The van der Waals surface area contributed by atoms with Crippen molar-refractivity contribution < 1.29 is 9.26 Å². The van der Waals surface area contributed by atoms with Crippen molar-refractivity contribution in [2.24, 2.45) is 0 Å². The van der Waals surface area contributed by atoms with Gasteiger partial charge in [0.25, 0.3) is 0 Å². The first kappa shape index (κ1) is 24.7. The van der Waals surface area contributed by atoms with Crippen LogP contribution in [0.5, 0.6) is 5.75 Å². The highest BCUT2D eigenvalue weighted by Crippen LogP contribution is 2.30. The quantitative estimate of drug-likeness (QED) is 0.274. The summed E-state index contributed by atoms with van der Waals surface area (Å²) in [5, 5.41) is 0. The topological polar surface area (TPSA) is 110 Å². The second kappa shape index (κ2) is 10.2. The number of fused-ring (bicyclic) bond motifs is 1. The molecule has 0 spiro atoms. The van der Waals surface area contributed by atoms with Crippen LogP contribution in [0.3, 0.4) is 0 Å². The van der Waals surface area contributed by atoms with Crippen molar-refractivity contribution in [3.8, 4) is 34.3 Å². The van der Waals surface area contributed by atoms with E-state index in [1.807, 2.05) is 62.4 Å². The summed E-state index contributed by atoms with van der Waals surface area (Å²) in [6.07, 6.45) is 3.20. The van der Waals surface area contributed by atoms with Crippen molar-refractivity contribution in [3.63, 3.8) is 0 Å². The number of ether oxygens (including phenoxy) is 1. The smallest absolute Gasteiger partial charge is 0.460 e. The Morgan fingerprint density at radius 3 is 2.39 bits per heavy atom. The minimum atomic E-state index is -0.785. The minimum Gasteiger partial charge on any atom is -0.494 e. The largest absolute Gasteiger partial charge is 0.494 e. The monoisotopic (exact) mass is 510 g/mol. The van der Waals surface area contributed by atoms with Gasteiger partial charge in [0, 0.05) is 12.1 Å². The molecule has 0 atom stereocenters. The Hall–Kier alpha value is -4.99. The van der Waals surface area contributed by atoms with Gasteiger partial charge in [-0.3, -0.25) is 4.57 Å². The van der Waals surface area contributed by atoms with Gasteiger partial charge in [-0.1, -0.05) is 30.4 Å². The fourth-order valence-electron chi connectivity index (χ4n) is 4.35. The van der Waals surface area contributed by atoms with Crippen molar-refractivity contribution >= 4 is 11.2 Å². The number of hydrogen-bond donors (Lipinski definition) is 0. The van der Waals surface area contributed by atoms with Crippen LogP contribution in [-0.2, 0) is 13.1 Å². The van der Waals surface area contributed by atoms with E-state index in [1.165, 1.54) is 9.31 Å². The zero-order valence-corrected chi connectivity index (χ0v) is 21.1. The van der Waals surface area contributed by atoms with Crippen LogP contribution in [0.4, 0.5) is 0 Å². The van der Waals surface area contributed by atoms with Crippen molar-refractivity contribution in [2.75, 3.05) is 6.61 Å². The average Bonchev–Trinajstić information content (AvgIpc) is 3.41. The summed E-state index contributed by atoms with van der Waals surface area (Å²) >= 11 is 0. The van der Waals surface area contributed by atoms with E-state index < -0.39 is 5.76 Å². The van der Waals surface area contributed by atoms with E-state index >= 15 is 0 Å². The fraction of sp³-hybridized carbons (Fsp3) is 0.179. The Balaban J connectivity index is 1.91. The van der Waals surface area contributed by atoms with Crippen LogP contribution in [0, 0.1) is 6.92 Å². The summed E-state index contributed by atoms with van der Waals surface area (Å²) in [5.74, 6) is 0.429. The lowest BCUT2D eigenvalue weighted by Gasteiger charge is -2.10. The van der Waals surface area contributed by atoms with Gasteiger partial charge in [-0.15, -0.1) is 13.2 Å². The number of nitrogens with zero attached hydrogens (tertiary/aromatic N) is 6. The normalized spacial score (nSPS) is 11.1. The molecule has 192 valence electrons. The molecule has 0 N–H and O–H groups in total. The number of allylic oxidation sites excluding steroid dienone is 2. The number of benzene rings is 2. The fourth-order valence-corrected chi connectivity index (χ4v) is 4.35. The van der Waals surface area contributed by atoms with E-state index in [1.54, 1.807) is 16.7 Å². The van der Waals surface area contributed by atoms with Crippen LogP contribution in [0.2, 0.25) is 0 Å². The number of para-hydroxylation sites is 1. The van der Waals surface area contributed by atoms with Gasteiger partial charge in [-0.25, -0.2) is 24.1 Å². The standard InChI is InChI=1S/C28H26N6O4/c1-5-16-32-23-22(25-31-27(35)38-33(25)17-6-2)29-24(19-12-14-20(15-13-19)37-7-3)30-26(23)34(28(32)36)21-11-9-8-10-18(21)4/h5-6,8-15H,1-2,7,16-17H2,3-4H3. The van der Waals surface area contributed by atoms with Gasteiger partial charge in [-0.05, 0) is 49.7 Å². The van der Waals surface area contributed by atoms with Crippen molar-refractivity contribution in [1.29, 1.82) is 0 Å². The molecule has 3 aromatic heterocycles. The third kappa shape index (κ3) is 4.26. The molecule has 0 amide bonds. The lowest BCUT2D eigenvalue weighted by atomic mass is 10.2. The van der Waals surface area contributed by atoms with E-state index in [4.69, 9.17) is 19.2 Å². The molecule has 10 heteroatoms. The number of imidazole rings is 1. The Kier molecular flexibility index (Phi) is 6.61. The first-order chi connectivity index (χ1) is 18.5. The molecule has 0 fully saturated rings. The van der Waals surface area contributed by atoms with E-state index in [-0.39, 0.29) is 30.3 Å². The Morgan fingerprint density at radius 2 is 1.71 bits per heavy atom. The van der Waals surface area contributed by atoms with Gasteiger partial charge in [0.1, 0.15) is 17.0 Å². The maximum atomic E-state index is 13.9. The third-order valence-electron chi connectivity index (χ3n) is 5.99. The van der Waals surface area contributed by atoms with Crippen LogP contribution in [-0.4, -0.2) is 35.4 Å². The van der Waals surface area contributed by atoms with Gasteiger partial charge in [0.15, 0.2) is 17.3 Å². The second-order valence-corrected chi connectivity index (χ2v) is 8.47. The molecule has 0 aliphatic carbocycles. The lowest BCUT2D eigenvalue weighted by Crippen LogP contribution is -2.23. The molecule has 5 rings (SSSR count). The summed E-state index contributed by atoms with van der Waals surface area (Å²) in [6, 6.07) is 14.9. The Labute approximate surface area is 217 Å². The third-order valence-corrected chi connectivity index (χ3v) is 5.99. The van der Waals surface area contributed by atoms with Crippen LogP contribution in [0.1, 0.15) is 12.5 Å². The van der Waals surface area contributed by atoms with E-state index in [9.17, 15) is 9.59 Å². The highest BCUT2D eigenvalue weighted by Gasteiger charge is 2.26. The van der Waals surface area contributed by atoms with E-state index in [0.717, 1.165) is 5.56 Å². The summed E-state index contributed by atoms with van der Waals surface area (Å²) in [5.41, 5.74) is 2.97. The molecule has 0 aliphatic rings. The number of hydrogen-bond acceptors (Lipinski definition) is 7. The van der Waals surface area contributed by atoms with Gasteiger partial charge in [0.2, 0.25) is 0 Å². The number of aryl methyl sites for hydroxylation is 1. The maximum Gasteiger partial charge on any atom is 0.460 e. The molecule has 0 bridgehead atoms. The molecular weight excluding hydrogens is 484 g/mol.